The molecule has 0 amide bonds. The van der Waals surface area contributed by atoms with Gasteiger partial charge in [-0.1, -0.05) is 18.2 Å². The number of hydrogen-bond acceptors (Lipinski definition) is 1. The summed E-state index contributed by atoms with van der Waals surface area (Å²) in [6.07, 6.45) is 0. The lowest BCUT2D eigenvalue weighted by molar-refractivity contribution is 0.473. The maximum Gasteiger partial charge on any atom is 0.122 e. The molecule has 41 valence electrons. The van der Waals surface area contributed by atoms with Gasteiger partial charge in [0, 0.05) is 0 Å². The molecule has 0 atom stereocenters. The van der Waals surface area contributed by atoms with Gasteiger partial charge in [0.25, 0.3) is 0 Å². The van der Waals surface area contributed by atoms with Crippen LogP contribution in [0.15, 0.2) is 30.3 Å². The third kappa shape index (κ3) is 0.997. The molecule has 0 aliphatic heterocycles. The quantitative estimate of drug-likeness (QED) is 0.532. The third-order valence-electron chi connectivity index (χ3n) is 0.910. The van der Waals surface area contributed by atoms with Crippen LogP contribution in [0.25, 0.3) is 0 Å². The lowest BCUT2D eigenvalue weighted by atomic mass is 10.3. The number of rotatable bonds is 1. The zero-order chi connectivity index (χ0) is 5.82. The highest BCUT2D eigenvalue weighted by Crippen LogP contribution is 2.06. The van der Waals surface area contributed by atoms with Crippen LogP contribution in [0.1, 0.15) is 0 Å². The predicted octanol–water partition coefficient (Wildman–Crippen LogP) is 1.86. The summed E-state index contributed by atoms with van der Waals surface area (Å²) in [7, 11) is 3.26. The molecule has 0 fully saturated rings. The van der Waals surface area contributed by atoms with Gasteiger partial charge in [-0.3, -0.25) is 0 Å². The number of hydrogen-bond donors (Lipinski definition) is 0. The Morgan fingerprint density at radius 2 is 1.75 bits per heavy atom. The van der Waals surface area contributed by atoms with E-state index in [9.17, 15) is 0 Å². The van der Waals surface area contributed by atoms with Crippen molar-refractivity contribution < 1.29 is 4.74 Å². The smallest absolute Gasteiger partial charge is 0.122 e. The second-order valence-electron chi connectivity index (χ2n) is 1.46. The first-order valence-corrected chi connectivity index (χ1v) is 2.40. The minimum atomic E-state index is 0.799. The normalized spacial score (nSPS) is 8.62. The molecule has 0 aromatic heterocycles. The zero-order valence-corrected chi connectivity index (χ0v) is 4.50. The van der Waals surface area contributed by atoms with Gasteiger partial charge < -0.3 is 4.74 Å². The van der Waals surface area contributed by atoms with Crippen LogP contribution < -0.4 is 4.74 Å². The van der Waals surface area contributed by atoms with Crippen LogP contribution >= 0.6 is 0 Å². The molecule has 1 aromatic rings. The van der Waals surface area contributed by atoms with Crippen LogP contribution in [-0.4, -0.2) is 0 Å². The van der Waals surface area contributed by atoms with Crippen molar-refractivity contribution in [3.63, 3.8) is 0 Å². The summed E-state index contributed by atoms with van der Waals surface area (Å²) in [4.78, 5) is 0. The zero-order valence-electron chi connectivity index (χ0n) is 4.50. The summed E-state index contributed by atoms with van der Waals surface area (Å²) < 4.78 is 4.66. The Morgan fingerprint density at radius 3 is 2.12 bits per heavy atom. The molecule has 0 unspecified atom stereocenters. The van der Waals surface area contributed by atoms with Gasteiger partial charge in [0.05, 0.1) is 0 Å². The summed E-state index contributed by atoms with van der Waals surface area (Å²) >= 11 is 0. The Labute approximate surface area is 48.9 Å². The Balaban J connectivity index is 2.83. The van der Waals surface area contributed by atoms with Gasteiger partial charge in [-0.25, -0.2) is 0 Å². The van der Waals surface area contributed by atoms with Gasteiger partial charge in [0.15, 0.2) is 0 Å². The van der Waals surface area contributed by atoms with Crippen LogP contribution in [0.3, 0.4) is 0 Å². The van der Waals surface area contributed by atoms with E-state index in [1.165, 1.54) is 0 Å². The molecule has 1 radical (unpaired) electrons. The van der Waals surface area contributed by atoms with E-state index in [0.29, 0.717) is 0 Å². The lowest BCUT2D eigenvalue weighted by Gasteiger charge is -1.93. The Morgan fingerprint density at radius 1 is 1.12 bits per heavy atom. The van der Waals surface area contributed by atoms with Crippen molar-refractivity contribution in [3.8, 4) is 5.75 Å². The first-order valence-electron chi connectivity index (χ1n) is 2.40. The first-order chi connectivity index (χ1) is 3.93. The summed E-state index contributed by atoms with van der Waals surface area (Å²) in [6.45, 7) is 0. The molecule has 0 aliphatic rings. The standard InChI is InChI=1S/C7H7O/c1-8-7-5-3-2-4-6-7/h2-6H,1H2. The van der Waals surface area contributed by atoms with Gasteiger partial charge >= 0.3 is 0 Å². The van der Waals surface area contributed by atoms with Crippen LogP contribution in [0.2, 0.25) is 0 Å². The highest BCUT2D eigenvalue weighted by atomic mass is 16.5. The maximum atomic E-state index is 4.66. The van der Waals surface area contributed by atoms with Crippen molar-refractivity contribution in [2.75, 3.05) is 0 Å². The first kappa shape index (κ1) is 5.16. The Kier molecular flexibility index (Phi) is 1.52. The molecule has 0 aliphatic carbocycles. The van der Waals surface area contributed by atoms with Crippen molar-refractivity contribution in [3.05, 3.63) is 37.4 Å². The number of para-hydroxylation sites is 1. The molecule has 1 heteroatoms. The molecule has 1 nitrogen and oxygen atoms in total. The molecule has 1 rings (SSSR count). The van der Waals surface area contributed by atoms with Crippen LogP contribution in [0.5, 0.6) is 5.75 Å². The second-order valence-corrected chi connectivity index (χ2v) is 1.46. The fourth-order valence-electron chi connectivity index (χ4n) is 0.517. The van der Waals surface area contributed by atoms with Crippen LogP contribution in [0.4, 0.5) is 0 Å². The van der Waals surface area contributed by atoms with Crippen molar-refractivity contribution in [2.45, 2.75) is 0 Å². The average Bonchev–Trinajstić information content (AvgIpc) is 1.90. The van der Waals surface area contributed by atoms with Gasteiger partial charge in [0.1, 0.15) is 12.9 Å². The van der Waals surface area contributed by atoms with Crippen molar-refractivity contribution >= 4 is 0 Å². The molecule has 8 heavy (non-hydrogen) atoms. The molecular formula is C7H7O. The fourth-order valence-corrected chi connectivity index (χ4v) is 0.517. The molecule has 0 spiro atoms. The average molecular weight is 107 g/mol. The third-order valence-corrected chi connectivity index (χ3v) is 0.910. The van der Waals surface area contributed by atoms with E-state index in [-0.39, 0.29) is 0 Å². The lowest BCUT2D eigenvalue weighted by Crippen LogP contribution is -1.74. The summed E-state index contributed by atoms with van der Waals surface area (Å²) in [6, 6.07) is 9.45. The van der Waals surface area contributed by atoms with E-state index >= 15 is 0 Å². The van der Waals surface area contributed by atoms with Crippen LogP contribution in [0, 0.1) is 7.11 Å². The molecule has 0 heterocycles. The molecule has 0 N–H and O–H groups in total. The number of ether oxygens (including phenoxy) is 1. The Bertz CT molecular complexity index is 146. The summed E-state index contributed by atoms with van der Waals surface area (Å²) in [5.41, 5.74) is 0. The van der Waals surface area contributed by atoms with Gasteiger partial charge in [0.2, 0.25) is 0 Å². The van der Waals surface area contributed by atoms with Gasteiger partial charge in [-0.15, -0.1) is 0 Å². The predicted molar refractivity (Wildman–Crippen MR) is 32.4 cm³/mol. The number of benzene rings is 1. The highest BCUT2D eigenvalue weighted by molar-refractivity contribution is 5.20. The molecular weight excluding hydrogens is 100 g/mol. The monoisotopic (exact) mass is 107 g/mol. The minimum Gasteiger partial charge on any atom is -0.490 e. The fraction of sp³-hybridized carbons (Fsp3) is 0. The molecule has 0 saturated carbocycles. The second kappa shape index (κ2) is 2.36. The van der Waals surface area contributed by atoms with E-state index < -0.39 is 0 Å². The maximum absolute atomic E-state index is 4.66. The van der Waals surface area contributed by atoms with E-state index in [0.717, 1.165) is 5.75 Å². The van der Waals surface area contributed by atoms with E-state index in [1.54, 1.807) is 0 Å². The molecule has 0 bridgehead atoms. The highest BCUT2D eigenvalue weighted by Gasteiger charge is 1.80. The molecule has 1 aromatic carbocycles. The Hall–Kier alpha value is -0.980. The van der Waals surface area contributed by atoms with E-state index in [1.807, 2.05) is 30.3 Å². The van der Waals surface area contributed by atoms with Gasteiger partial charge in [-0.2, -0.15) is 0 Å². The van der Waals surface area contributed by atoms with Gasteiger partial charge in [-0.05, 0) is 12.1 Å². The minimum absolute atomic E-state index is 0.799. The van der Waals surface area contributed by atoms with Crippen molar-refractivity contribution in [1.82, 2.24) is 0 Å². The largest absolute Gasteiger partial charge is 0.490 e. The SMILES string of the molecule is [CH2]Oc1ccccc1. The summed E-state index contributed by atoms with van der Waals surface area (Å²) in [5, 5.41) is 0. The topological polar surface area (TPSA) is 9.23 Å². The van der Waals surface area contributed by atoms with Crippen molar-refractivity contribution in [1.29, 1.82) is 0 Å². The van der Waals surface area contributed by atoms with Crippen molar-refractivity contribution in [2.24, 2.45) is 0 Å². The van der Waals surface area contributed by atoms with E-state index in [2.05, 4.69) is 11.8 Å². The summed E-state index contributed by atoms with van der Waals surface area (Å²) in [5.74, 6) is 0.799. The molecule has 0 saturated heterocycles. The van der Waals surface area contributed by atoms with Crippen LogP contribution in [-0.2, 0) is 0 Å². The van der Waals surface area contributed by atoms with E-state index in [4.69, 9.17) is 0 Å².